The van der Waals surface area contributed by atoms with Gasteiger partial charge in [-0.1, -0.05) is 13.8 Å². The summed E-state index contributed by atoms with van der Waals surface area (Å²) < 4.78 is 0. The van der Waals surface area contributed by atoms with Crippen LogP contribution in [-0.2, 0) is 4.79 Å². The minimum atomic E-state index is 0.255. The topological polar surface area (TPSA) is 17.1 Å². The summed E-state index contributed by atoms with van der Waals surface area (Å²) in [5.74, 6) is 2.69. The molecule has 0 amide bonds. The minimum Gasteiger partial charge on any atom is -0.300 e. The van der Waals surface area contributed by atoms with E-state index in [2.05, 4.69) is 5.92 Å². The van der Waals surface area contributed by atoms with Crippen LogP contribution in [0.2, 0.25) is 0 Å². The lowest BCUT2D eigenvalue weighted by molar-refractivity contribution is -0.116. The quantitative estimate of drug-likeness (QED) is 0.491. The summed E-state index contributed by atoms with van der Waals surface area (Å²) in [6, 6.07) is 0. The fourth-order valence-electron chi connectivity index (χ4n) is 0. The molecule has 0 aliphatic carbocycles. The van der Waals surface area contributed by atoms with Gasteiger partial charge in [-0.15, -0.1) is 12.3 Å². The molecule has 0 saturated heterocycles. The maximum Gasteiger partial charge on any atom is 0.129 e. The molecule has 9 heavy (non-hydrogen) atoms. The SMILES string of the molecule is C#CCC.CCC(C)=O. The largest absolute Gasteiger partial charge is 0.300 e. The van der Waals surface area contributed by atoms with Gasteiger partial charge in [0.1, 0.15) is 5.78 Å². The van der Waals surface area contributed by atoms with Crippen LogP contribution in [0.25, 0.3) is 0 Å². The predicted molar refractivity (Wildman–Crippen MR) is 40.1 cm³/mol. The van der Waals surface area contributed by atoms with E-state index >= 15 is 0 Å². The first-order chi connectivity index (χ1) is 4.18. The Kier molecular flexibility index (Phi) is 12.6. The Morgan fingerprint density at radius 1 is 1.56 bits per heavy atom. The van der Waals surface area contributed by atoms with Crippen molar-refractivity contribution in [3.8, 4) is 12.3 Å². The van der Waals surface area contributed by atoms with Crippen molar-refractivity contribution in [3.63, 3.8) is 0 Å². The lowest BCUT2D eigenvalue weighted by Gasteiger charge is -1.71. The van der Waals surface area contributed by atoms with E-state index in [0.29, 0.717) is 6.42 Å². The Bertz CT molecular complexity index is 97.6. The molecule has 0 saturated carbocycles. The van der Waals surface area contributed by atoms with Gasteiger partial charge in [0.2, 0.25) is 0 Å². The molecule has 0 aromatic rings. The Hall–Kier alpha value is -0.770. The van der Waals surface area contributed by atoms with Crippen LogP contribution in [0, 0.1) is 12.3 Å². The van der Waals surface area contributed by atoms with Gasteiger partial charge >= 0.3 is 0 Å². The second kappa shape index (κ2) is 10.3. The van der Waals surface area contributed by atoms with Crippen molar-refractivity contribution in [2.24, 2.45) is 0 Å². The van der Waals surface area contributed by atoms with Crippen molar-refractivity contribution < 1.29 is 4.79 Å². The summed E-state index contributed by atoms with van der Waals surface area (Å²) in [6.07, 6.45) is 6.29. The average molecular weight is 126 g/mol. The maximum atomic E-state index is 9.81. The highest BCUT2D eigenvalue weighted by Crippen LogP contribution is 1.71. The zero-order chi connectivity index (χ0) is 7.70. The molecule has 1 heteroatoms. The third-order valence-corrected chi connectivity index (χ3v) is 0.702. The highest BCUT2D eigenvalue weighted by molar-refractivity contribution is 5.74. The van der Waals surface area contributed by atoms with Crippen molar-refractivity contribution in [2.45, 2.75) is 33.6 Å². The molecule has 52 valence electrons. The number of Topliss-reactive ketones (excluding diaryl/α,β-unsaturated/α-hetero) is 1. The second-order valence-corrected chi connectivity index (χ2v) is 1.61. The van der Waals surface area contributed by atoms with Crippen molar-refractivity contribution in [3.05, 3.63) is 0 Å². The fraction of sp³-hybridized carbons (Fsp3) is 0.625. The molecule has 0 bridgehead atoms. The highest BCUT2D eigenvalue weighted by atomic mass is 16.1. The van der Waals surface area contributed by atoms with Crippen molar-refractivity contribution in [1.29, 1.82) is 0 Å². The Labute approximate surface area is 57.5 Å². The van der Waals surface area contributed by atoms with Gasteiger partial charge < -0.3 is 4.79 Å². The summed E-state index contributed by atoms with van der Waals surface area (Å²) in [6.45, 7) is 5.38. The van der Waals surface area contributed by atoms with Gasteiger partial charge in [0.15, 0.2) is 0 Å². The van der Waals surface area contributed by atoms with Gasteiger partial charge in [0.25, 0.3) is 0 Å². The van der Waals surface area contributed by atoms with E-state index in [1.165, 1.54) is 0 Å². The number of terminal acetylenes is 1. The van der Waals surface area contributed by atoms with Gasteiger partial charge in [0, 0.05) is 12.8 Å². The monoisotopic (exact) mass is 126 g/mol. The second-order valence-electron chi connectivity index (χ2n) is 1.61. The van der Waals surface area contributed by atoms with Gasteiger partial charge in [-0.25, -0.2) is 0 Å². The molecule has 0 rings (SSSR count). The third-order valence-electron chi connectivity index (χ3n) is 0.702. The van der Waals surface area contributed by atoms with Crippen molar-refractivity contribution >= 4 is 5.78 Å². The van der Waals surface area contributed by atoms with E-state index in [1.807, 2.05) is 13.8 Å². The van der Waals surface area contributed by atoms with Crippen LogP contribution in [-0.4, -0.2) is 5.78 Å². The molecular weight excluding hydrogens is 112 g/mol. The van der Waals surface area contributed by atoms with Gasteiger partial charge in [-0.3, -0.25) is 0 Å². The number of carbonyl (C=O) groups excluding carboxylic acids is 1. The van der Waals surface area contributed by atoms with Crippen molar-refractivity contribution in [1.82, 2.24) is 0 Å². The number of hydrogen-bond donors (Lipinski definition) is 0. The van der Waals surface area contributed by atoms with Gasteiger partial charge in [0.05, 0.1) is 0 Å². The molecule has 0 atom stereocenters. The highest BCUT2D eigenvalue weighted by Gasteiger charge is 1.76. The summed E-state index contributed by atoms with van der Waals surface area (Å²) >= 11 is 0. The lowest BCUT2D eigenvalue weighted by atomic mass is 10.4. The van der Waals surface area contributed by atoms with Crippen LogP contribution in [0.5, 0.6) is 0 Å². The summed E-state index contributed by atoms with van der Waals surface area (Å²) in [7, 11) is 0. The molecule has 0 radical (unpaired) electrons. The first kappa shape index (κ1) is 11.1. The van der Waals surface area contributed by atoms with Crippen LogP contribution in [0.1, 0.15) is 33.6 Å². The Balaban J connectivity index is 0. The molecule has 0 unspecified atom stereocenters. The Morgan fingerprint density at radius 3 is 1.78 bits per heavy atom. The molecule has 0 aliphatic rings. The molecule has 0 aromatic carbocycles. The molecule has 0 aromatic heterocycles. The van der Waals surface area contributed by atoms with Crippen molar-refractivity contribution in [2.75, 3.05) is 0 Å². The lowest BCUT2D eigenvalue weighted by Crippen LogP contribution is -1.80. The van der Waals surface area contributed by atoms with E-state index in [-0.39, 0.29) is 5.78 Å². The standard InChI is InChI=1S/C4H8O.C4H6/c1-3-4(2)5;1-3-4-2/h3H2,1-2H3;1H,4H2,2H3. The van der Waals surface area contributed by atoms with Crippen LogP contribution < -0.4 is 0 Å². The fourth-order valence-corrected chi connectivity index (χ4v) is 0. The Morgan fingerprint density at radius 2 is 1.78 bits per heavy atom. The van der Waals surface area contributed by atoms with Gasteiger partial charge in [-0.05, 0) is 6.92 Å². The molecule has 0 spiro atoms. The first-order valence-electron chi connectivity index (χ1n) is 3.11. The predicted octanol–water partition coefficient (Wildman–Crippen LogP) is 2.01. The molecule has 0 fully saturated rings. The maximum absolute atomic E-state index is 9.81. The van der Waals surface area contributed by atoms with Crippen LogP contribution in [0.3, 0.4) is 0 Å². The molecular formula is C8H14O. The van der Waals surface area contributed by atoms with E-state index in [9.17, 15) is 4.79 Å². The average Bonchev–Trinajstić information content (AvgIpc) is 1.89. The zero-order valence-electron chi connectivity index (χ0n) is 6.40. The summed E-state index contributed by atoms with van der Waals surface area (Å²) in [5, 5.41) is 0. The van der Waals surface area contributed by atoms with Crippen LogP contribution in [0.15, 0.2) is 0 Å². The summed E-state index contributed by atoms with van der Waals surface area (Å²) in [4.78, 5) is 9.81. The minimum absolute atomic E-state index is 0.255. The number of carbonyl (C=O) groups is 1. The smallest absolute Gasteiger partial charge is 0.129 e. The number of ketones is 1. The molecule has 0 heterocycles. The van der Waals surface area contributed by atoms with Crippen LogP contribution in [0.4, 0.5) is 0 Å². The normalized spacial score (nSPS) is 6.44. The van der Waals surface area contributed by atoms with E-state index < -0.39 is 0 Å². The van der Waals surface area contributed by atoms with E-state index in [0.717, 1.165) is 6.42 Å². The van der Waals surface area contributed by atoms with Crippen LogP contribution >= 0.6 is 0 Å². The number of hydrogen-bond acceptors (Lipinski definition) is 1. The third kappa shape index (κ3) is 39.8. The molecule has 0 N–H and O–H groups in total. The molecule has 1 nitrogen and oxygen atoms in total. The van der Waals surface area contributed by atoms with Gasteiger partial charge in [-0.2, -0.15) is 0 Å². The van der Waals surface area contributed by atoms with E-state index in [4.69, 9.17) is 6.42 Å². The van der Waals surface area contributed by atoms with E-state index in [1.54, 1.807) is 6.92 Å². The first-order valence-corrected chi connectivity index (χ1v) is 3.11. The summed E-state index contributed by atoms with van der Waals surface area (Å²) in [5.41, 5.74) is 0. The number of rotatable bonds is 1. The zero-order valence-corrected chi connectivity index (χ0v) is 6.40. The molecule has 0 aliphatic heterocycles.